The van der Waals surface area contributed by atoms with Crippen LogP contribution in [0.1, 0.15) is 29.7 Å². The largest absolute Gasteiger partial charge is 0.493 e. The number of allylic oxidation sites excluding steroid dienone is 1. The Bertz CT molecular complexity index is 662. The number of methoxy groups -OCH3 is 2. The minimum absolute atomic E-state index is 0.782. The summed E-state index contributed by atoms with van der Waals surface area (Å²) in [6.45, 7) is 0. The molecule has 0 radical (unpaired) electrons. The molecule has 0 amide bonds. The first-order valence-electron chi connectivity index (χ1n) is 7.18. The summed E-state index contributed by atoms with van der Waals surface area (Å²) < 4.78 is 10.8. The third-order valence-electron chi connectivity index (χ3n) is 3.86. The van der Waals surface area contributed by atoms with E-state index in [9.17, 15) is 0 Å². The van der Waals surface area contributed by atoms with E-state index in [0.717, 1.165) is 36.5 Å². The number of hydrogen-bond acceptors (Lipinski definition) is 3. The van der Waals surface area contributed by atoms with Gasteiger partial charge in [0.15, 0.2) is 11.5 Å². The fourth-order valence-electron chi connectivity index (χ4n) is 2.82. The second kappa shape index (κ2) is 6.00. The average Bonchev–Trinajstić information content (AvgIpc) is 2.55. The minimum Gasteiger partial charge on any atom is -0.493 e. The summed E-state index contributed by atoms with van der Waals surface area (Å²) in [5.41, 5.74) is 4.89. The molecule has 0 saturated heterocycles. The van der Waals surface area contributed by atoms with Crippen molar-refractivity contribution in [3.63, 3.8) is 0 Å². The van der Waals surface area contributed by atoms with Gasteiger partial charge in [0, 0.05) is 6.20 Å². The molecule has 0 N–H and O–H groups in total. The molecule has 3 rings (SSSR count). The molecule has 1 aliphatic carbocycles. The summed E-state index contributed by atoms with van der Waals surface area (Å²) >= 11 is 0. The molecule has 2 aromatic rings. The topological polar surface area (TPSA) is 31.4 Å². The molecular weight excluding hydrogens is 262 g/mol. The molecule has 0 bridgehead atoms. The van der Waals surface area contributed by atoms with Crippen molar-refractivity contribution < 1.29 is 9.47 Å². The van der Waals surface area contributed by atoms with E-state index in [-0.39, 0.29) is 0 Å². The van der Waals surface area contributed by atoms with Gasteiger partial charge in [0.1, 0.15) is 0 Å². The number of aromatic nitrogens is 1. The van der Waals surface area contributed by atoms with Gasteiger partial charge in [-0.05, 0) is 66.3 Å². The van der Waals surface area contributed by atoms with Gasteiger partial charge in [-0.2, -0.15) is 0 Å². The lowest BCUT2D eigenvalue weighted by Crippen LogP contribution is -2.04. The van der Waals surface area contributed by atoms with Crippen molar-refractivity contribution in [1.29, 1.82) is 0 Å². The Balaban J connectivity index is 2.07. The Hall–Kier alpha value is -2.29. The van der Waals surface area contributed by atoms with Crippen molar-refractivity contribution in [2.24, 2.45) is 0 Å². The zero-order chi connectivity index (χ0) is 14.7. The zero-order valence-corrected chi connectivity index (χ0v) is 12.4. The summed E-state index contributed by atoms with van der Waals surface area (Å²) in [6, 6.07) is 10.2. The van der Waals surface area contributed by atoms with Crippen molar-refractivity contribution in [3.05, 3.63) is 53.3 Å². The van der Waals surface area contributed by atoms with Crippen molar-refractivity contribution in [1.82, 2.24) is 4.98 Å². The highest BCUT2D eigenvalue weighted by molar-refractivity contribution is 5.84. The molecule has 1 aromatic heterocycles. The van der Waals surface area contributed by atoms with Crippen LogP contribution in [0.15, 0.2) is 36.5 Å². The van der Waals surface area contributed by atoms with Crippen LogP contribution < -0.4 is 9.47 Å². The molecule has 108 valence electrons. The molecule has 0 aliphatic heterocycles. The van der Waals surface area contributed by atoms with Crippen molar-refractivity contribution >= 4 is 11.6 Å². The van der Waals surface area contributed by atoms with Crippen LogP contribution in [0.4, 0.5) is 0 Å². The Kier molecular flexibility index (Phi) is 3.91. The monoisotopic (exact) mass is 281 g/mol. The molecule has 1 aromatic carbocycles. The lowest BCUT2D eigenvalue weighted by molar-refractivity contribution is 0.354. The van der Waals surface area contributed by atoms with Crippen LogP contribution in [0, 0.1) is 0 Å². The molecule has 0 spiro atoms. The maximum absolute atomic E-state index is 5.43. The van der Waals surface area contributed by atoms with Crippen LogP contribution in [-0.2, 0) is 6.42 Å². The standard InChI is InChI=1S/C18H19NO2/c1-20-17-11-14-7-5-6-13(16(14)12-18(17)21-2)10-15-8-3-4-9-19-15/h3-4,8-12H,5-7H2,1-2H3/b13-10+. The molecule has 1 aliphatic rings. The van der Waals surface area contributed by atoms with Gasteiger partial charge >= 0.3 is 0 Å². The Morgan fingerprint density at radius 3 is 2.57 bits per heavy atom. The van der Waals surface area contributed by atoms with E-state index in [1.807, 2.05) is 24.4 Å². The minimum atomic E-state index is 0.782. The van der Waals surface area contributed by atoms with Crippen LogP contribution in [-0.4, -0.2) is 19.2 Å². The smallest absolute Gasteiger partial charge is 0.161 e. The zero-order valence-electron chi connectivity index (χ0n) is 12.4. The van der Waals surface area contributed by atoms with Crippen LogP contribution in [0.25, 0.3) is 11.6 Å². The highest BCUT2D eigenvalue weighted by atomic mass is 16.5. The molecular formula is C18H19NO2. The number of benzene rings is 1. The molecule has 0 saturated carbocycles. The highest BCUT2D eigenvalue weighted by Crippen LogP contribution is 2.39. The normalized spacial score (nSPS) is 15.6. The van der Waals surface area contributed by atoms with Gasteiger partial charge in [-0.3, -0.25) is 4.98 Å². The van der Waals surface area contributed by atoms with E-state index in [0.29, 0.717) is 0 Å². The molecule has 21 heavy (non-hydrogen) atoms. The first-order chi connectivity index (χ1) is 10.3. The number of ether oxygens (including phenoxy) is 2. The number of aryl methyl sites for hydroxylation is 1. The number of rotatable bonds is 3. The second-order valence-electron chi connectivity index (χ2n) is 5.14. The summed E-state index contributed by atoms with van der Waals surface area (Å²) in [6.07, 6.45) is 7.30. The average molecular weight is 281 g/mol. The third kappa shape index (κ3) is 2.77. The van der Waals surface area contributed by atoms with Crippen LogP contribution in [0.2, 0.25) is 0 Å². The maximum atomic E-state index is 5.43. The molecule has 3 heteroatoms. The summed E-state index contributed by atoms with van der Waals surface area (Å²) in [5, 5.41) is 0. The molecule has 0 unspecified atom stereocenters. The van der Waals surface area contributed by atoms with Gasteiger partial charge in [-0.25, -0.2) is 0 Å². The third-order valence-corrected chi connectivity index (χ3v) is 3.86. The van der Waals surface area contributed by atoms with Crippen molar-refractivity contribution in [3.8, 4) is 11.5 Å². The summed E-state index contributed by atoms with van der Waals surface area (Å²) in [4.78, 5) is 4.39. The van der Waals surface area contributed by atoms with Crippen molar-refractivity contribution in [2.45, 2.75) is 19.3 Å². The van der Waals surface area contributed by atoms with Gasteiger partial charge < -0.3 is 9.47 Å². The van der Waals surface area contributed by atoms with E-state index >= 15 is 0 Å². The van der Waals surface area contributed by atoms with E-state index in [2.05, 4.69) is 23.2 Å². The fraction of sp³-hybridized carbons (Fsp3) is 0.278. The summed E-state index contributed by atoms with van der Waals surface area (Å²) in [5.74, 6) is 1.58. The van der Waals surface area contributed by atoms with E-state index in [4.69, 9.17) is 9.47 Å². The summed E-state index contributed by atoms with van der Waals surface area (Å²) in [7, 11) is 3.35. The number of hydrogen-bond donors (Lipinski definition) is 0. The fourth-order valence-corrected chi connectivity index (χ4v) is 2.82. The lowest BCUT2D eigenvalue weighted by Gasteiger charge is -2.21. The van der Waals surface area contributed by atoms with Crippen molar-refractivity contribution in [2.75, 3.05) is 14.2 Å². The highest BCUT2D eigenvalue weighted by Gasteiger charge is 2.18. The number of pyridine rings is 1. The van der Waals surface area contributed by atoms with Gasteiger partial charge in [-0.15, -0.1) is 0 Å². The van der Waals surface area contributed by atoms with E-state index in [1.165, 1.54) is 16.7 Å². The predicted octanol–water partition coefficient (Wildman–Crippen LogP) is 3.98. The number of nitrogens with zero attached hydrogens (tertiary/aromatic N) is 1. The second-order valence-corrected chi connectivity index (χ2v) is 5.14. The van der Waals surface area contributed by atoms with Crippen LogP contribution in [0.3, 0.4) is 0 Å². The molecule has 0 fully saturated rings. The van der Waals surface area contributed by atoms with Crippen LogP contribution >= 0.6 is 0 Å². The molecule has 0 atom stereocenters. The van der Waals surface area contributed by atoms with E-state index in [1.54, 1.807) is 14.2 Å². The predicted molar refractivity (Wildman–Crippen MR) is 84.6 cm³/mol. The Morgan fingerprint density at radius 1 is 1.05 bits per heavy atom. The van der Waals surface area contributed by atoms with Crippen LogP contribution in [0.5, 0.6) is 11.5 Å². The van der Waals surface area contributed by atoms with E-state index < -0.39 is 0 Å². The SMILES string of the molecule is COc1cc2c(cc1OC)/C(=C/c1ccccn1)CCC2. The Labute approximate surface area is 125 Å². The quantitative estimate of drug-likeness (QED) is 0.853. The molecule has 1 heterocycles. The van der Waals surface area contributed by atoms with Gasteiger partial charge in [0.25, 0.3) is 0 Å². The number of fused-ring (bicyclic) bond motifs is 1. The first-order valence-corrected chi connectivity index (χ1v) is 7.18. The maximum Gasteiger partial charge on any atom is 0.161 e. The first kappa shape index (κ1) is 13.7. The lowest BCUT2D eigenvalue weighted by atomic mass is 9.86. The van der Waals surface area contributed by atoms with Gasteiger partial charge in [0.2, 0.25) is 0 Å². The van der Waals surface area contributed by atoms with Gasteiger partial charge in [0.05, 0.1) is 19.9 Å². The van der Waals surface area contributed by atoms with Gasteiger partial charge in [-0.1, -0.05) is 6.07 Å². The molecule has 3 nitrogen and oxygen atoms in total. The Morgan fingerprint density at radius 2 is 1.86 bits per heavy atom.